The molecule has 0 aliphatic rings. The lowest BCUT2D eigenvalue weighted by atomic mass is 10.1. The summed E-state index contributed by atoms with van der Waals surface area (Å²) in [6, 6.07) is 1.77. The number of nitrogens with one attached hydrogen (secondary N) is 2. The van der Waals surface area contributed by atoms with E-state index in [2.05, 4.69) is 20.1 Å². The Kier molecular flexibility index (Phi) is 6.07. The van der Waals surface area contributed by atoms with Crippen LogP contribution in [0.3, 0.4) is 0 Å². The first-order chi connectivity index (χ1) is 12.7. The number of aromatic nitrogens is 3. The predicted octanol–water partition coefficient (Wildman–Crippen LogP) is 2.04. The van der Waals surface area contributed by atoms with Crippen molar-refractivity contribution >= 4 is 27.3 Å². The zero-order valence-electron chi connectivity index (χ0n) is 15.0. The summed E-state index contributed by atoms with van der Waals surface area (Å²) in [4.78, 5) is 16.0. The van der Waals surface area contributed by atoms with Crippen molar-refractivity contribution in [3.63, 3.8) is 0 Å². The number of rotatable bonds is 6. The van der Waals surface area contributed by atoms with Crippen molar-refractivity contribution in [2.24, 2.45) is 0 Å². The highest BCUT2D eigenvalue weighted by molar-refractivity contribution is 7.88. The molecule has 0 saturated carbocycles. The van der Waals surface area contributed by atoms with Crippen LogP contribution in [0.1, 0.15) is 19.4 Å². The smallest absolute Gasteiger partial charge is 0.381 e. The van der Waals surface area contributed by atoms with Gasteiger partial charge >= 0.3 is 6.18 Å². The molecule has 0 aliphatic heterocycles. The minimum Gasteiger partial charge on any atom is -0.381 e. The summed E-state index contributed by atoms with van der Waals surface area (Å²) in [7, 11) is -3.45. The molecule has 0 amide bonds. The Morgan fingerprint density at radius 2 is 1.86 bits per heavy atom. The lowest BCUT2D eigenvalue weighted by Crippen LogP contribution is -2.47. The average Bonchev–Trinajstić information content (AvgIpc) is 2.53. The molecule has 0 atom stereocenters. The summed E-state index contributed by atoms with van der Waals surface area (Å²) in [5.41, 5.74) is -2.51. The van der Waals surface area contributed by atoms with Crippen LogP contribution in [0, 0.1) is 0 Å². The number of hydrogen-bond donors (Lipinski definition) is 2. The molecule has 0 saturated heterocycles. The topological polar surface area (TPSA) is 106 Å². The van der Waals surface area contributed by atoms with E-state index in [4.69, 9.17) is 11.6 Å². The molecule has 2 heterocycles. The highest BCUT2D eigenvalue weighted by Gasteiger charge is 2.31. The van der Waals surface area contributed by atoms with Crippen molar-refractivity contribution < 1.29 is 21.6 Å². The van der Waals surface area contributed by atoms with Gasteiger partial charge in [-0.15, -0.1) is 0 Å². The van der Waals surface area contributed by atoms with Gasteiger partial charge in [-0.05, 0) is 26.0 Å². The third-order valence-electron chi connectivity index (χ3n) is 3.39. The zero-order chi connectivity index (χ0) is 21.3. The monoisotopic (exact) mass is 439 g/mol. The van der Waals surface area contributed by atoms with Crippen LogP contribution in [0.2, 0.25) is 5.02 Å². The Hall–Kier alpha value is -2.18. The number of anilines is 1. The maximum atomic E-state index is 12.6. The van der Waals surface area contributed by atoms with Crippen molar-refractivity contribution in [2.75, 3.05) is 18.1 Å². The fourth-order valence-electron chi connectivity index (χ4n) is 2.25. The van der Waals surface area contributed by atoms with Gasteiger partial charge in [0.15, 0.2) is 5.82 Å². The van der Waals surface area contributed by atoms with E-state index in [9.17, 15) is 26.4 Å². The minimum absolute atomic E-state index is 0.0868. The van der Waals surface area contributed by atoms with Crippen LogP contribution in [-0.4, -0.2) is 41.5 Å². The van der Waals surface area contributed by atoms with Gasteiger partial charge in [-0.1, -0.05) is 11.6 Å². The van der Waals surface area contributed by atoms with E-state index in [-0.39, 0.29) is 23.1 Å². The molecule has 8 nitrogen and oxygen atoms in total. The molecule has 28 heavy (non-hydrogen) atoms. The lowest BCUT2D eigenvalue weighted by molar-refractivity contribution is -0.137. The molecule has 0 spiro atoms. The van der Waals surface area contributed by atoms with Crippen molar-refractivity contribution in [3.05, 3.63) is 45.5 Å². The Morgan fingerprint density at radius 1 is 1.21 bits per heavy atom. The lowest BCUT2D eigenvalue weighted by Gasteiger charge is -2.26. The fourth-order valence-corrected chi connectivity index (χ4v) is 3.52. The molecule has 0 bridgehead atoms. The Labute approximate surface area is 163 Å². The summed E-state index contributed by atoms with van der Waals surface area (Å²) in [5.74, 6) is -0.134. The van der Waals surface area contributed by atoms with Crippen molar-refractivity contribution in [1.29, 1.82) is 0 Å². The number of halogens is 4. The molecule has 2 N–H and O–H groups in total. The summed E-state index contributed by atoms with van der Waals surface area (Å²) >= 11 is 6.03. The number of nitrogens with zero attached hydrogens (tertiary/aromatic N) is 3. The molecule has 0 aromatic carbocycles. The molecule has 0 fully saturated rings. The molecular weight excluding hydrogens is 423 g/mol. The summed E-state index contributed by atoms with van der Waals surface area (Å²) in [6.45, 7) is 3.33. The van der Waals surface area contributed by atoms with E-state index in [1.54, 1.807) is 13.8 Å². The fraction of sp³-hybridized carbons (Fsp3) is 0.400. The van der Waals surface area contributed by atoms with Gasteiger partial charge in [0.2, 0.25) is 10.0 Å². The van der Waals surface area contributed by atoms with Crippen LogP contribution in [-0.2, 0) is 16.2 Å². The second-order valence-electron chi connectivity index (χ2n) is 6.60. The van der Waals surface area contributed by atoms with Gasteiger partial charge in [0.25, 0.3) is 5.56 Å². The first-order valence-corrected chi connectivity index (χ1v) is 10.0. The normalized spacial score (nSPS) is 12.8. The third kappa shape index (κ3) is 5.66. The molecule has 2 rings (SSSR count). The van der Waals surface area contributed by atoms with Crippen LogP contribution < -0.4 is 15.6 Å². The average molecular weight is 440 g/mol. The summed E-state index contributed by atoms with van der Waals surface area (Å²) in [6.07, 6.45) is -1.76. The Morgan fingerprint density at radius 3 is 2.36 bits per heavy atom. The Bertz CT molecular complexity index is 1020. The molecule has 0 unspecified atom stereocenters. The van der Waals surface area contributed by atoms with Crippen LogP contribution in [0.4, 0.5) is 18.9 Å². The van der Waals surface area contributed by atoms with E-state index in [0.29, 0.717) is 6.20 Å². The maximum Gasteiger partial charge on any atom is 0.417 e. The molecule has 13 heteroatoms. The first kappa shape index (κ1) is 22.1. The van der Waals surface area contributed by atoms with E-state index < -0.39 is 32.9 Å². The predicted molar refractivity (Wildman–Crippen MR) is 98.2 cm³/mol. The zero-order valence-corrected chi connectivity index (χ0v) is 16.6. The standard InChI is InChI=1S/C15H17ClF3N5O3S/c1-14(2,23-28(3,26)27)8-21-10-7-22-24(13(25)12(10)16)11-5-4-9(6-20-11)15(17,18)19/h4-7,21,23H,8H2,1-3H3. The van der Waals surface area contributed by atoms with Crippen LogP contribution in [0.25, 0.3) is 5.82 Å². The van der Waals surface area contributed by atoms with Crippen LogP contribution >= 0.6 is 11.6 Å². The van der Waals surface area contributed by atoms with Crippen LogP contribution in [0.5, 0.6) is 0 Å². The molecule has 2 aromatic heterocycles. The van der Waals surface area contributed by atoms with Gasteiger partial charge in [-0.3, -0.25) is 4.79 Å². The first-order valence-electron chi connectivity index (χ1n) is 7.74. The molecular formula is C15H17ClF3N5O3S. The quantitative estimate of drug-likeness (QED) is 0.713. The summed E-state index contributed by atoms with van der Waals surface area (Å²) in [5, 5.41) is 6.40. The maximum absolute atomic E-state index is 12.6. The van der Waals surface area contributed by atoms with Gasteiger partial charge in [-0.25, -0.2) is 18.1 Å². The SMILES string of the molecule is CC(C)(CNc1cnn(-c2ccc(C(F)(F)F)cn2)c(=O)c1Cl)NS(C)(=O)=O. The third-order valence-corrected chi connectivity index (χ3v) is 4.68. The highest BCUT2D eigenvalue weighted by Crippen LogP contribution is 2.28. The number of alkyl halides is 3. The second kappa shape index (κ2) is 7.68. The van der Waals surface area contributed by atoms with E-state index >= 15 is 0 Å². The van der Waals surface area contributed by atoms with E-state index in [0.717, 1.165) is 23.1 Å². The van der Waals surface area contributed by atoms with Crippen molar-refractivity contribution in [2.45, 2.75) is 25.6 Å². The number of pyridine rings is 1. The molecule has 154 valence electrons. The number of hydrogen-bond acceptors (Lipinski definition) is 6. The molecule has 0 radical (unpaired) electrons. The van der Waals surface area contributed by atoms with Gasteiger partial charge in [0.1, 0.15) is 5.02 Å². The molecule has 2 aromatic rings. The van der Waals surface area contributed by atoms with Gasteiger partial charge in [-0.2, -0.15) is 23.0 Å². The van der Waals surface area contributed by atoms with E-state index in [1.807, 2.05) is 0 Å². The van der Waals surface area contributed by atoms with Gasteiger partial charge in [0, 0.05) is 18.3 Å². The molecule has 0 aliphatic carbocycles. The van der Waals surface area contributed by atoms with Crippen molar-refractivity contribution in [3.8, 4) is 5.82 Å². The number of sulfonamides is 1. The van der Waals surface area contributed by atoms with E-state index in [1.165, 1.54) is 6.20 Å². The second-order valence-corrected chi connectivity index (χ2v) is 8.73. The van der Waals surface area contributed by atoms with Gasteiger partial charge in [0.05, 0.1) is 23.7 Å². The largest absolute Gasteiger partial charge is 0.417 e. The van der Waals surface area contributed by atoms with Crippen LogP contribution in [0.15, 0.2) is 29.3 Å². The van der Waals surface area contributed by atoms with Gasteiger partial charge < -0.3 is 5.32 Å². The van der Waals surface area contributed by atoms with Crippen molar-refractivity contribution in [1.82, 2.24) is 19.5 Å². The highest BCUT2D eigenvalue weighted by atomic mass is 35.5. The summed E-state index contributed by atoms with van der Waals surface area (Å²) < 4.78 is 63.7. The minimum atomic E-state index is -4.55. The Balaban J connectivity index is 2.25.